The number of rotatable bonds is 4. The van der Waals surface area contributed by atoms with E-state index >= 15 is 0 Å². The smallest absolute Gasteiger partial charge is 0.218 e. The predicted molar refractivity (Wildman–Crippen MR) is 58.8 cm³/mol. The molecule has 1 rings (SSSR count). The van der Waals surface area contributed by atoms with E-state index in [1.807, 2.05) is 30.3 Å². The molecule has 81 valence electrons. The molecule has 1 atom stereocenters. The topological polar surface area (TPSA) is 78.9 Å². The first-order valence-electron chi connectivity index (χ1n) is 4.82. The first-order valence-corrected chi connectivity index (χ1v) is 4.82. The minimum absolute atomic E-state index is 0.0402. The fourth-order valence-corrected chi connectivity index (χ4v) is 1.46. The highest BCUT2D eigenvalue weighted by molar-refractivity contribution is 5.73. The summed E-state index contributed by atoms with van der Waals surface area (Å²) >= 11 is 0. The number of carbonyl (C=O) groups excluding carboxylic acids is 1. The van der Waals surface area contributed by atoms with E-state index in [9.17, 15) is 4.79 Å². The molecule has 0 bridgehead atoms. The Kier molecular flexibility index (Phi) is 3.82. The lowest BCUT2D eigenvalue weighted by atomic mass is 10.0. The van der Waals surface area contributed by atoms with E-state index in [2.05, 4.69) is 5.32 Å². The molecule has 4 heteroatoms. The SMILES string of the molecule is CC(=O)N[C@](N)(C[NH])Cc1ccccc1. The molecule has 15 heavy (non-hydrogen) atoms. The van der Waals surface area contributed by atoms with Crippen molar-refractivity contribution < 1.29 is 4.79 Å². The second kappa shape index (κ2) is 4.91. The molecule has 0 heterocycles. The van der Waals surface area contributed by atoms with E-state index in [4.69, 9.17) is 11.5 Å². The van der Waals surface area contributed by atoms with E-state index in [0.29, 0.717) is 6.42 Å². The highest BCUT2D eigenvalue weighted by atomic mass is 16.1. The number of nitrogens with one attached hydrogen (secondary N) is 2. The quantitative estimate of drug-likeness (QED) is 0.695. The molecule has 0 fully saturated rings. The zero-order valence-electron chi connectivity index (χ0n) is 8.79. The first kappa shape index (κ1) is 11.7. The van der Waals surface area contributed by atoms with Crippen LogP contribution in [0.25, 0.3) is 0 Å². The summed E-state index contributed by atoms with van der Waals surface area (Å²) in [4.78, 5) is 10.9. The van der Waals surface area contributed by atoms with Gasteiger partial charge >= 0.3 is 0 Å². The van der Waals surface area contributed by atoms with Gasteiger partial charge in [-0.05, 0) is 5.56 Å². The van der Waals surface area contributed by atoms with Crippen LogP contribution in [0.1, 0.15) is 12.5 Å². The van der Waals surface area contributed by atoms with Crippen molar-refractivity contribution in [3.8, 4) is 0 Å². The molecule has 0 aromatic heterocycles. The fourth-order valence-electron chi connectivity index (χ4n) is 1.46. The van der Waals surface area contributed by atoms with Crippen LogP contribution in [0.2, 0.25) is 0 Å². The summed E-state index contributed by atoms with van der Waals surface area (Å²) < 4.78 is 0. The van der Waals surface area contributed by atoms with Crippen molar-refractivity contribution in [1.29, 1.82) is 0 Å². The largest absolute Gasteiger partial charge is 0.337 e. The minimum Gasteiger partial charge on any atom is -0.337 e. The van der Waals surface area contributed by atoms with Crippen LogP contribution in [0, 0.1) is 0 Å². The summed E-state index contributed by atoms with van der Waals surface area (Å²) in [6.07, 6.45) is 0.469. The molecule has 0 aliphatic heterocycles. The highest BCUT2D eigenvalue weighted by Crippen LogP contribution is 2.07. The second-order valence-corrected chi connectivity index (χ2v) is 3.68. The Labute approximate surface area is 89.6 Å². The van der Waals surface area contributed by atoms with Crippen molar-refractivity contribution in [2.75, 3.05) is 6.54 Å². The Morgan fingerprint density at radius 3 is 2.53 bits per heavy atom. The maximum Gasteiger partial charge on any atom is 0.218 e. The molecule has 0 saturated heterocycles. The maximum absolute atomic E-state index is 10.9. The van der Waals surface area contributed by atoms with Crippen LogP contribution in [0.3, 0.4) is 0 Å². The van der Waals surface area contributed by atoms with Gasteiger partial charge in [0.1, 0.15) is 5.66 Å². The van der Waals surface area contributed by atoms with E-state index in [1.165, 1.54) is 6.92 Å². The van der Waals surface area contributed by atoms with Gasteiger partial charge in [0.2, 0.25) is 5.91 Å². The molecule has 1 amide bonds. The summed E-state index contributed by atoms with van der Waals surface area (Å²) in [6, 6.07) is 9.60. The lowest BCUT2D eigenvalue weighted by molar-refractivity contribution is -0.120. The van der Waals surface area contributed by atoms with E-state index in [0.717, 1.165) is 5.56 Å². The standard InChI is InChI=1S/C11H16N3O/c1-9(15)14-11(13,8-12)7-10-5-3-2-4-6-10/h2-6,12H,7-8,13H2,1H3,(H,14,15)/t11-/m0/s1. The van der Waals surface area contributed by atoms with Gasteiger partial charge in [-0.3, -0.25) is 10.5 Å². The molecule has 4 nitrogen and oxygen atoms in total. The van der Waals surface area contributed by atoms with Gasteiger partial charge in [-0.2, -0.15) is 0 Å². The molecule has 1 aromatic rings. The molecular formula is C11H16N3O. The summed E-state index contributed by atoms with van der Waals surface area (Å²) in [5.74, 6) is -0.208. The van der Waals surface area contributed by atoms with Crippen LogP contribution in [0.15, 0.2) is 30.3 Å². The molecular weight excluding hydrogens is 190 g/mol. The molecule has 0 saturated carbocycles. The van der Waals surface area contributed by atoms with Crippen molar-refractivity contribution in [2.24, 2.45) is 5.73 Å². The zero-order valence-corrected chi connectivity index (χ0v) is 8.79. The Bertz CT molecular complexity index is 326. The van der Waals surface area contributed by atoms with Gasteiger partial charge in [0.25, 0.3) is 0 Å². The summed E-state index contributed by atoms with van der Waals surface area (Å²) in [5, 5.41) is 2.61. The minimum atomic E-state index is -0.965. The monoisotopic (exact) mass is 206 g/mol. The zero-order chi connectivity index (χ0) is 11.3. The summed E-state index contributed by atoms with van der Waals surface area (Å²) in [6.45, 7) is 1.36. The van der Waals surface area contributed by atoms with Crippen molar-refractivity contribution in [3.63, 3.8) is 0 Å². The molecule has 0 unspecified atom stereocenters. The van der Waals surface area contributed by atoms with Crippen LogP contribution in [-0.2, 0) is 11.2 Å². The first-order chi connectivity index (χ1) is 7.06. The maximum atomic E-state index is 10.9. The van der Waals surface area contributed by atoms with Crippen LogP contribution >= 0.6 is 0 Å². The Morgan fingerprint density at radius 2 is 2.07 bits per heavy atom. The molecule has 0 aliphatic carbocycles. The van der Waals surface area contributed by atoms with Gasteiger partial charge in [0.15, 0.2) is 0 Å². The van der Waals surface area contributed by atoms with E-state index < -0.39 is 5.66 Å². The number of hydrogen-bond donors (Lipinski definition) is 2. The molecule has 4 N–H and O–H groups in total. The average Bonchev–Trinajstić information content (AvgIpc) is 2.18. The Morgan fingerprint density at radius 1 is 1.47 bits per heavy atom. The van der Waals surface area contributed by atoms with Crippen LogP contribution < -0.4 is 16.8 Å². The van der Waals surface area contributed by atoms with Crippen molar-refractivity contribution >= 4 is 5.91 Å². The van der Waals surface area contributed by atoms with E-state index in [-0.39, 0.29) is 12.5 Å². The summed E-state index contributed by atoms with van der Waals surface area (Å²) in [7, 11) is 0. The number of hydrogen-bond acceptors (Lipinski definition) is 2. The molecule has 0 spiro atoms. The highest BCUT2D eigenvalue weighted by Gasteiger charge is 2.24. The van der Waals surface area contributed by atoms with Gasteiger partial charge in [-0.1, -0.05) is 30.3 Å². The number of carbonyl (C=O) groups is 1. The lowest BCUT2D eigenvalue weighted by Gasteiger charge is -2.28. The number of nitrogens with two attached hydrogens (primary N) is 1. The molecule has 1 radical (unpaired) electrons. The number of benzene rings is 1. The Hall–Kier alpha value is -1.39. The predicted octanol–water partition coefficient (Wildman–Crippen LogP) is 0.303. The van der Waals surface area contributed by atoms with Crippen molar-refractivity contribution in [1.82, 2.24) is 11.1 Å². The van der Waals surface area contributed by atoms with Gasteiger partial charge in [-0.25, -0.2) is 0 Å². The Balaban J connectivity index is 2.72. The molecule has 0 aliphatic rings. The normalized spacial score (nSPS) is 14.3. The third kappa shape index (κ3) is 3.69. The van der Waals surface area contributed by atoms with Gasteiger partial charge in [0, 0.05) is 19.9 Å². The lowest BCUT2D eigenvalue weighted by Crippen LogP contribution is -2.60. The average molecular weight is 206 g/mol. The molecule has 1 aromatic carbocycles. The van der Waals surface area contributed by atoms with Crippen molar-refractivity contribution in [3.05, 3.63) is 35.9 Å². The van der Waals surface area contributed by atoms with Crippen LogP contribution in [-0.4, -0.2) is 18.1 Å². The fraction of sp³-hybridized carbons (Fsp3) is 0.364. The van der Waals surface area contributed by atoms with Gasteiger partial charge in [-0.15, -0.1) is 0 Å². The van der Waals surface area contributed by atoms with Crippen molar-refractivity contribution in [2.45, 2.75) is 19.0 Å². The third-order valence-electron chi connectivity index (χ3n) is 2.10. The van der Waals surface area contributed by atoms with E-state index in [1.54, 1.807) is 0 Å². The van der Waals surface area contributed by atoms with Crippen LogP contribution in [0.5, 0.6) is 0 Å². The second-order valence-electron chi connectivity index (χ2n) is 3.68. The van der Waals surface area contributed by atoms with Crippen LogP contribution in [0.4, 0.5) is 0 Å². The third-order valence-corrected chi connectivity index (χ3v) is 2.10. The number of amides is 1. The van der Waals surface area contributed by atoms with Gasteiger partial charge < -0.3 is 11.1 Å². The summed E-state index contributed by atoms with van der Waals surface area (Å²) in [5.41, 5.74) is 13.3. The van der Waals surface area contributed by atoms with Gasteiger partial charge in [0.05, 0.1) is 0 Å².